The number of halogens is 2. The summed E-state index contributed by atoms with van der Waals surface area (Å²) in [6.07, 6.45) is 0.849. The van der Waals surface area contributed by atoms with Crippen LogP contribution in [0.5, 0.6) is 0 Å². The molecule has 0 bridgehead atoms. The van der Waals surface area contributed by atoms with E-state index in [-0.39, 0.29) is 17.6 Å². The zero-order valence-corrected chi connectivity index (χ0v) is 19.9. The lowest BCUT2D eigenvalue weighted by Crippen LogP contribution is -2.48. The molecule has 30 heavy (non-hydrogen) atoms. The number of benzene rings is 2. The van der Waals surface area contributed by atoms with Crippen molar-refractivity contribution < 1.29 is 9.59 Å². The van der Waals surface area contributed by atoms with Gasteiger partial charge in [-0.2, -0.15) is 0 Å². The quantitative estimate of drug-likeness (QED) is 0.504. The summed E-state index contributed by atoms with van der Waals surface area (Å²) in [4.78, 5) is 27.2. The molecule has 0 aromatic heterocycles. The molecule has 2 amide bonds. The zero-order valence-electron chi connectivity index (χ0n) is 17.6. The molecule has 0 saturated carbocycles. The van der Waals surface area contributed by atoms with Gasteiger partial charge in [-0.15, -0.1) is 11.8 Å². The summed E-state index contributed by atoms with van der Waals surface area (Å²) in [5.41, 5.74) is 3.05. The molecule has 0 aliphatic heterocycles. The fourth-order valence-corrected chi connectivity index (χ4v) is 4.42. The molecule has 0 saturated heterocycles. The number of nitrogens with zero attached hydrogens (tertiary/aromatic N) is 1. The molecule has 2 rings (SSSR count). The SMILES string of the molecule is CCCNC(=O)C(C)N(Cc1cccc(C)c1)C(=O)CSCc1ccc(Cl)cc1Cl. The Kier molecular flexibility index (Phi) is 10.0. The molecular formula is C23H28Cl2N2O2S. The van der Waals surface area contributed by atoms with Crippen molar-refractivity contribution in [3.63, 3.8) is 0 Å². The fraction of sp³-hybridized carbons (Fsp3) is 0.391. The van der Waals surface area contributed by atoms with Crippen LogP contribution in [0, 0.1) is 6.92 Å². The van der Waals surface area contributed by atoms with Crippen LogP contribution in [-0.4, -0.2) is 35.1 Å². The Morgan fingerprint density at radius 1 is 1.17 bits per heavy atom. The highest BCUT2D eigenvalue weighted by molar-refractivity contribution is 7.99. The van der Waals surface area contributed by atoms with Gasteiger partial charge < -0.3 is 10.2 Å². The number of nitrogens with one attached hydrogen (secondary N) is 1. The van der Waals surface area contributed by atoms with Gasteiger partial charge in [0.2, 0.25) is 11.8 Å². The maximum absolute atomic E-state index is 13.1. The summed E-state index contributed by atoms with van der Waals surface area (Å²) < 4.78 is 0. The minimum Gasteiger partial charge on any atom is -0.354 e. The minimum absolute atomic E-state index is 0.0780. The van der Waals surface area contributed by atoms with Crippen molar-refractivity contribution in [1.82, 2.24) is 10.2 Å². The van der Waals surface area contributed by atoms with Crippen LogP contribution in [-0.2, 0) is 21.9 Å². The van der Waals surface area contributed by atoms with E-state index in [1.54, 1.807) is 24.0 Å². The minimum atomic E-state index is -0.552. The lowest BCUT2D eigenvalue weighted by molar-refractivity contribution is -0.138. The Balaban J connectivity index is 2.07. The monoisotopic (exact) mass is 466 g/mol. The highest BCUT2D eigenvalue weighted by Gasteiger charge is 2.25. The number of amides is 2. The van der Waals surface area contributed by atoms with E-state index in [9.17, 15) is 9.59 Å². The third-order valence-corrected chi connectivity index (χ3v) is 6.20. The summed E-state index contributed by atoms with van der Waals surface area (Å²) >= 11 is 13.6. The molecule has 0 spiro atoms. The van der Waals surface area contributed by atoms with E-state index in [2.05, 4.69) is 5.32 Å². The Hall–Kier alpha value is -1.69. The van der Waals surface area contributed by atoms with E-state index in [4.69, 9.17) is 23.2 Å². The normalized spacial score (nSPS) is 11.8. The summed E-state index contributed by atoms with van der Waals surface area (Å²) in [6, 6.07) is 12.8. The van der Waals surface area contributed by atoms with Crippen molar-refractivity contribution in [2.75, 3.05) is 12.3 Å². The Morgan fingerprint density at radius 3 is 2.60 bits per heavy atom. The van der Waals surface area contributed by atoms with E-state index >= 15 is 0 Å². The molecule has 1 unspecified atom stereocenters. The van der Waals surface area contributed by atoms with Crippen molar-refractivity contribution in [1.29, 1.82) is 0 Å². The van der Waals surface area contributed by atoms with Crippen LogP contribution in [0.1, 0.15) is 37.0 Å². The van der Waals surface area contributed by atoms with Crippen LogP contribution in [0.3, 0.4) is 0 Å². The van der Waals surface area contributed by atoms with Gasteiger partial charge in [0.15, 0.2) is 0 Å². The van der Waals surface area contributed by atoms with Gasteiger partial charge in [0.25, 0.3) is 0 Å². The fourth-order valence-electron chi connectivity index (χ4n) is 2.96. The zero-order chi connectivity index (χ0) is 22.1. The Morgan fingerprint density at radius 2 is 1.93 bits per heavy atom. The van der Waals surface area contributed by atoms with E-state index in [0.717, 1.165) is 23.1 Å². The molecule has 0 aliphatic rings. The molecule has 1 N–H and O–H groups in total. The highest BCUT2D eigenvalue weighted by atomic mass is 35.5. The van der Waals surface area contributed by atoms with Crippen molar-refractivity contribution in [3.8, 4) is 0 Å². The number of rotatable bonds is 10. The van der Waals surface area contributed by atoms with Crippen molar-refractivity contribution in [2.45, 2.75) is 45.5 Å². The molecule has 0 fully saturated rings. The van der Waals surface area contributed by atoms with Gasteiger partial charge in [-0.25, -0.2) is 0 Å². The van der Waals surface area contributed by atoms with Crippen molar-refractivity contribution in [2.24, 2.45) is 0 Å². The Bertz CT molecular complexity index is 876. The predicted octanol–water partition coefficient (Wildman–Crippen LogP) is 5.48. The molecule has 2 aromatic carbocycles. The Labute approximate surface area is 193 Å². The molecule has 0 radical (unpaired) electrons. The highest BCUT2D eigenvalue weighted by Crippen LogP contribution is 2.25. The van der Waals surface area contributed by atoms with Crippen LogP contribution >= 0.6 is 35.0 Å². The predicted molar refractivity (Wildman–Crippen MR) is 127 cm³/mol. The molecule has 2 aromatic rings. The van der Waals surface area contributed by atoms with Gasteiger partial charge in [-0.1, -0.05) is 66.0 Å². The number of thioether (sulfide) groups is 1. The first-order valence-corrected chi connectivity index (χ1v) is 11.9. The number of aryl methyl sites for hydroxylation is 1. The van der Waals surface area contributed by atoms with E-state index in [1.165, 1.54) is 11.8 Å². The molecule has 0 heterocycles. The van der Waals surface area contributed by atoms with Gasteiger partial charge in [0.05, 0.1) is 5.75 Å². The summed E-state index contributed by atoms with van der Waals surface area (Å²) in [6.45, 7) is 6.78. The number of carbonyl (C=O) groups excluding carboxylic acids is 2. The van der Waals surface area contributed by atoms with E-state index < -0.39 is 6.04 Å². The van der Waals surface area contributed by atoms with Crippen LogP contribution < -0.4 is 5.32 Å². The second kappa shape index (κ2) is 12.2. The lowest BCUT2D eigenvalue weighted by Gasteiger charge is -2.29. The third-order valence-electron chi connectivity index (χ3n) is 4.65. The number of hydrogen-bond acceptors (Lipinski definition) is 3. The maximum atomic E-state index is 13.1. The first-order chi connectivity index (χ1) is 14.3. The largest absolute Gasteiger partial charge is 0.354 e. The van der Waals surface area contributed by atoms with Gasteiger partial charge in [0, 0.05) is 28.9 Å². The molecule has 0 aliphatic carbocycles. The smallest absolute Gasteiger partial charge is 0.242 e. The van der Waals surface area contributed by atoms with Crippen LogP contribution in [0.2, 0.25) is 10.0 Å². The van der Waals surface area contributed by atoms with Crippen molar-refractivity contribution >= 4 is 46.8 Å². The molecule has 4 nitrogen and oxygen atoms in total. The summed E-state index contributed by atoms with van der Waals surface area (Å²) in [5, 5.41) is 4.06. The summed E-state index contributed by atoms with van der Waals surface area (Å²) in [7, 11) is 0. The van der Waals surface area contributed by atoms with E-state index in [0.29, 0.717) is 28.9 Å². The number of hydrogen-bond donors (Lipinski definition) is 1. The van der Waals surface area contributed by atoms with Gasteiger partial charge >= 0.3 is 0 Å². The molecule has 162 valence electrons. The second-order valence-corrected chi connectivity index (χ2v) is 9.04. The lowest BCUT2D eigenvalue weighted by atomic mass is 10.1. The number of carbonyl (C=O) groups is 2. The molecule has 7 heteroatoms. The third kappa shape index (κ3) is 7.53. The topological polar surface area (TPSA) is 49.4 Å². The average molecular weight is 467 g/mol. The first kappa shape index (κ1) is 24.6. The molecule has 1 atom stereocenters. The van der Waals surface area contributed by atoms with Crippen LogP contribution in [0.25, 0.3) is 0 Å². The maximum Gasteiger partial charge on any atom is 0.242 e. The van der Waals surface area contributed by atoms with E-state index in [1.807, 2.05) is 44.2 Å². The van der Waals surface area contributed by atoms with Crippen LogP contribution in [0.4, 0.5) is 0 Å². The average Bonchev–Trinajstić information content (AvgIpc) is 2.71. The molecular weight excluding hydrogens is 439 g/mol. The first-order valence-electron chi connectivity index (χ1n) is 9.96. The second-order valence-electron chi connectivity index (χ2n) is 7.21. The van der Waals surface area contributed by atoms with Crippen molar-refractivity contribution in [3.05, 3.63) is 69.2 Å². The standard InChI is InChI=1S/C23H28Cl2N2O2S/c1-4-10-26-23(29)17(3)27(13-18-7-5-6-16(2)11-18)22(28)15-30-14-19-8-9-20(24)12-21(19)25/h5-9,11-12,17H,4,10,13-15H2,1-3H3,(H,26,29). The van der Waals surface area contributed by atoms with Gasteiger partial charge in [-0.3, -0.25) is 9.59 Å². The van der Waals surface area contributed by atoms with Gasteiger partial charge in [0.1, 0.15) is 6.04 Å². The van der Waals surface area contributed by atoms with Gasteiger partial charge in [-0.05, 0) is 43.5 Å². The summed E-state index contributed by atoms with van der Waals surface area (Å²) in [5.74, 6) is 0.640. The van der Waals surface area contributed by atoms with Crippen LogP contribution in [0.15, 0.2) is 42.5 Å².